The summed E-state index contributed by atoms with van der Waals surface area (Å²) in [6.07, 6.45) is 0. The van der Waals surface area contributed by atoms with E-state index in [2.05, 4.69) is 11.4 Å². The zero-order chi connectivity index (χ0) is 27.7. The fourth-order valence-corrected chi connectivity index (χ4v) is 4.93. The van der Waals surface area contributed by atoms with E-state index < -0.39 is 5.97 Å². The van der Waals surface area contributed by atoms with E-state index in [1.165, 1.54) is 0 Å². The van der Waals surface area contributed by atoms with Crippen LogP contribution < -0.4 is 10.7 Å². The summed E-state index contributed by atoms with van der Waals surface area (Å²) >= 11 is 0. The minimum atomic E-state index is -1.03. The SMILES string of the molecule is Cc1cc([C@@H](C)Nc2ccccc2C(=O)O)c2oc(-c3cccc(-c4ccccc4C#N)c3)c(C)c(=O)c2c1. The molecule has 1 aromatic heterocycles. The zero-order valence-electron chi connectivity index (χ0n) is 21.8. The van der Waals surface area contributed by atoms with E-state index in [9.17, 15) is 20.0 Å². The van der Waals surface area contributed by atoms with Crippen LogP contribution in [0.25, 0.3) is 33.4 Å². The van der Waals surface area contributed by atoms with Crippen molar-refractivity contribution in [2.45, 2.75) is 26.8 Å². The molecule has 1 heterocycles. The summed E-state index contributed by atoms with van der Waals surface area (Å²) in [7, 11) is 0. The molecule has 0 radical (unpaired) electrons. The zero-order valence-corrected chi connectivity index (χ0v) is 21.8. The molecule has 39 heavy (non-hydrogen) atoms. The molecule has 0 bridgehead atoms. The predicted molar refractivity (Wildman–Crippen MR) is 153 cm³/mol. The molecule has 0 saturated carbocycles. The standard InChI is InChI=1S/C33H26N2O4/c1-19-15-27(21(3)35-29-14-7-6-13-26(29)33(37)38)32-28(16-19)30(36)20(2)31(39-32)23-11-8-10-22(17-23)25-12-5-4-9-24(25)18-34/h4-17,21,35H,1-3H3,(H,37,38)/t21-/m1/s1. The van der Waals surface area contributed by atoms with Crippen molar-refractivity contribution >= 4 is 22.6 Å². The summed E-state index contributed by atoms with van der Waals surface area (Å²) in [4.78, 5) is 25.3. The van der Waals surface area contributed by atoms with Gasteiger partial charge < -0.3 is 14.8 Å². The van der Waals surface area contributed by atoms with Crippen molar-refractivity contribution in [2.75, 3.05) is 5.32 Å². The quantitative estimate of drug-likeness (QED) is 0.243. The highest BCUT2D eigenvalue weighted by atomic mass is 16.4. The van der Waals surface area contributed by atoms with Crippen molar-refractivity contribution in [1.29, 1.82) is 5.26 Å². The minimum Gasteiger partial charge on any atom is -0.478 e. The number of hydrogen-bond acceptors (Lipinski definition) is 5. The second-order valence-electron chi connectivity index (χ2n) is 9.57. The first kappa shape index (κ1) is 25.5. The van der Waals surface area contributed by atoms with Gasteiger partial charge in [-0.25, -0.2) is 4.79 Å². The van der Waals surface area contributed by atoms with Gasteiger partial charge >= 0.3 is 5.97 Å². The van der Waals surface area contributed by atoms with Crippen molar-refractivity contribution in [3.05, 3.63) is 123 Å². The first-order valence-electron chi connectivity index (χ1n) is 12.5. The van der Waals surface area contributed by atoms with Crippen LogP contribution in [-0.4, -0.2) is 11.1 Å². The number of nitriles is 1. The van der Waals surface area contributed by atoms with Crippen molar-refractivity contribution in [1.82, 2.24) is 0 Å². The minimum absolute atomic E-state index is 0.128. The monoisotopic (exact) mass is 514 g/mol. The third-order valence-electron chi connectivity index (χ3n) is 6.87. The molecule has 0 aliphatic heterocycles. The van der Waals surface area contributed by atoms with E-state index >= 15 is 0 Å². The summed E-state index contributed by atoms with van der Waals surface area (Å²) in [6.45, 7) is 5.58. The second kappa shape index (κ2) is 10.3. The topological polar surface area (TPSA) is 103 Å². The van der Waals surface area contributed by atoms with Crippen LogP contribution in [0.3, 0.4) is 0 Å². The van der Waals surface area contributed by atoms with E-state index in [1.54, 1.807) is 37.3 Å². The summed E-state index contributed by atoms with van der Waals surface area (Å²) in [5.74, 6) is -0.575. The number of carboxylic acids is 1. The van der Waals surface area contributed by atoms with Gasteiger partial charge in [-0.15, -0.1) is 0 Å². The Labute approximate surface area is 225 Å². The Kier molecular flexibility index (Phi) is 6.74. The van der Waals surface area contributed by atoms with Crippen molar-refractivity contribution < 1.29 is 14.3 Å². The van der Waals surface area contributed by atoms with Gasteiger partial charge in [-0.1, -0.05) is 54.6 Å². The van der Waals surface area contributed by atoms with Gasteiger partial charge in [0.05, 0.1) is 28.6 Å². The summed E-state index contributed by atoms with van der Waals surface area (Å²) < 4.78 is 6.51. The maximum Gasteiger partial charge on any atom is 0.337 e. The Hall–Kier alpha value is -5.15. The van der Waals surface area contributed by atoms with Crippen molar-refractivity contribution in [3.63, 3.8) is 0 Å². The van der Waals surface area contributed by atoms with Crippen LogP contribution in [0.2, 0.25) is 0 Å². The number of carboxylic acid groups (broad SMARTS) is 1. The number of benzene rings is 4. The van der Waals surface area contributed by atoms with Gasteiger partial charge in [-0.05, 0) is 67.8 Å². The molecule has 0 unspecified atom stereocenters. The van der Waals surface area contributed by atoms with E-state index in [0.717, 1.165) is 27.8 Å². The van der Waals surface area contributed by atoms with Crippen LogP contribution in [0, 0.1) is 25.2 Å². The maximum atomic E-state index is 13.6. The Bertz CT molecular complexity index is 1850. The lowest BCUT2D eigenvalue weighted by Crippen LogP contribution is -2.14. The first-order valence-corrected chi connectivity index (χ1v) is 12.5. The number of aromatic carboxylic acids is 1. The molecule has 0 aliphatic carbocycles. The van der Waals surface area contributed by atoms with Crippen LogP contribution in [-0.2, 0) is 0 Å². The van der Waals surface area contributed by atoms with Gasteiger partial charge in [0.2, 0.25) is 0 Å². The second-order valence-corrected chi connectivity index (χ2v) is 9.57. The van der Waals surface area contributed by atoms with Crippen LogP contribution in [0.1, 0.15) is 45.6 Å². The van der Waals surface area contributed by atoms with Crippen LogP contribution in [0.15, 0.2) is 94.1 Å². The molecule has 192 valence electrons. The van der Waals surface area contributed by atoms with Gasteiger partial charge in [0, 0.05) is 22.4 Å². The Morgan fingerprint density at radius 2 is 1.67 bits per heavy atom. The van der Waals surface area contributed by atoms with E-state index in [-0.39, 0.29) is 17.0 Å². The number of aryl methyl sites for hydroxylation is 1. The Morgan fingerprint density at radius 3 is 2.44 bits per heavy atom. The fraction of sp³-hybridized carbons (Fsp3) is 0.121. The number of para-hydroxylation sites is 1. The molecule has 0 aliphatic rings. The lowest BCUT2D eigenvalue weighted by molar-refractivity contribution is 0.0698. The molecule has 0 spiro atoms. The highest BCUT2D eigenvalue weighted by Crippen LogP contribution is 2.34. The Morgan fingerprint density at radius 1 is 0.949 bits per heavy atom. The molecule has 6 heteroatoms. The molecular weight excluding hydrogens is 488 g/mol. The summed E-state index contributed by atoms with van der Waals surface area (Å²) in [5.41, 5.74) is 6.01. The number of hydrogen-bond donors (Lipinski definition) is 2. The Balaban J connectivity index is 1.66. The third kappa shape index (κ3) is 4.78. The van der Waals surface area contributed by atoms with Crippen LogP contribution >= 0.6 is 0 Å². The molecule has 0 saturated heterocycles. The molecule has 6 nitrogen and oxygen atoms in total. The summed E-state index contributed by atoms with van der Waals surface area (Å²) in [5, 5.41) is 22.9. The highest BCUT2D eigenvalue weighted by Gasteiger charge is 2.20. The lowest BCUT2D eigenvalue weighted by atomic mass is 9.96. The molecule has 0 amide bonds. The van der Waals surface area contributed by atoms with E-state index in [1.807, 2.05) is 68.4 Å². The summed E-state index contributed by atoms with van der Waals surface area (Å²) in [6, 6.07) is 27.3. The third-order valence-corrected chi connectivity index (χ3v) is 6.87. The lowest BCUT2D eigenvalue weighted by Gasteiger charge is -2.20. The van der Waals surface area contributed by atoms with Crippen molar-refractivity contribution in [2.24, 2.45) is 0 Å². The van der Waals surface area contributed by atoms with E-state index in [4.69, 9.17) is 4.42 Å². The molecule has 1 atom stereocenters. The van der Waals surface area contributed by atoms with Crippen LogP contribution in [0.4, 0.5) is 5.69 Å². The van der Waals surface area contributed by atoms with E-state index in [0.29, 0.717) is 33.5 Å². The molecule has 5 rings (SSSR count). The molecule has 5 aromatic rings. The van der Waals surface area contributed by atoms with Gasteiger partial charge in [0.15, 0.2) is 5.43 Å². The number of rotatable bonds is 6. The average Bonchev–Trinajstić information content (AvgIpc) is 2.95. The number of fused-ring (bicyclic) bond motifs is 1. The average molecular weight is 515 g/mol. The number of nitrogens with zero attached hydrogens (tertiary/aromatic N) is 1. The number of anilines is 1. The molecule has 2 N–H and O–H groups in total. The molecule has 4 aromatic carbocycles. The molecule has 0 fully saturated rings. The number of carbonyl (C=O) groups is 1. The van der Waals surface area contributed by atoms with Crippen molar-refractivity contribution in [3.8, 4) is 28.5 Å². The van der Waals surface area contributed by atoms with Gasteiger partial charge in [0.1, 0.15) is 11.3 Å². The number of nitrogens with one attached hydrogen (secondary N) is 1. The van der Waals surface area contributed by atoms with Gasteiger partial charge in [-0.3, -0.25) is 4.79 Å². The fourth-order valence-electron chi connectivity index (χ4n) is 4.93. The largest absolute Gasteiger partial charge is 0.478 e. The van der Waals surface area contributed by atoms with Gasteiger partial charge in [-0.2, -0.15) is 5.26 Å². The first-order chi connectivity index (χ1) is 18.8. The smallest absolute Gasteiger partial charge is 0.337 e. The van der Waals surface area contributed by atoms with Crippen LogP contribution in [0.5, 0.6) is 0 Å². The predicted octanol–water partition coefficient (Wildman–Crippen LogP) is 7.49. The molecular formula is C33H26N2O4. The highest BCUT2D eigenvalue weighted by molar-refractivity contribution is 5.94. The normalized spacial score (nSPS) is 11.6. The van der Waals surface area contributed by atoms with Gasteiger partial charge in [0.25, 0.3) is 0 Å². The maximum absolute atomic E-state index is 13.6.